The summed E-state index contributed by atoms with van der Waals surface area (Å²) in [5, 5.41) is 12.9. The van der Waals surface area contributed by atoms with Gasteiger partial charge in [0.25, 0.3) is 5.91 Å². The first-order chi connectivity index (χ1) is 13.0. The van der Waals surface area contributed by atoms with E-state index in [1.54, 1.807) is 12.1 Å². The van der Waals surface area contributed by atoms with Crippen molar-refractivity contribution in [2.24, 2.45) is 5.92 Å². The number of carbonyl (C=O) groups is 1. The number of pyridine rings is 1. The first-order valence-corrected chi connectivity index (χ1v) is 9.36. The van der Waals surface area contributed by atoms with Crippen LogP contribution in [0.4, 0.5) is 0 Å². The normalized spacial score (nSPS) is 22.5. The van der Waals surface area contributed by atoms with Gasteiger partial charge in [-0.1, -0.05) is 5.16 Å². The van der Waals surface area contributed by atoms with Crippen molar-refractivity contribution in [2.45, 2.75) is 39.3 Å². The average Bonchev–Trinajstić information content (AvgIpc) is 2.86. The monoisotopic (exact) mass is 365 g/mol. The molecule has 0 saturated carbocycles. The van der Waals surface area contributed by atoms with Gasteiger partial charge in [0.2, 0.25) is 0 Å². The Hall–Kier alpha value is -2.72. The number of fused-ring (bicyclic) bond motifs is 4. The summed E-state index contributed by atoms with van der Waals surface area (Å²) in [7, 11) is 0. The summed E-state index contributed by atoms with van der Waals surface area (Å²) in [5.41, 5.74) is 2.99. The van der Waals surface area contributed by atoms with Gasteiger partial charge in [0.1, 0.15) is 17.5 Å². The summed E-state index contributed by atoms with van der Waals surface area (Å²) in [4.78, 5) is 21.5. The molecule has 0 radical (unpaired) electrons. The molecule has 0 N–H and O–H groups in total. The van der Waals surface area contributed by atoms with Crippen LogP contribution in [0, 0.1) is 31.1 Å². The molecule has 7 heteroatoms. The van der Waals surface area contributed by atoms with Gasteiger partial charge in [-0.25, -0.2) is 4.98 Å². The Labute approximate surface area is 158 Å². The van der Waals surface area contributed by atoms with Crippen molar-refractivity contribution in [1.82, 2.24) is 19.9 Å². The summed E-state index contributed by atoms with van der Waals surface area (Å²) in [6, 6.07) is 5.50. The third-order valence-corrected chi connectivity index (χ3v) is 5.74. The zero-order valence-electron chi connectivity index (χ0n) is 15.7. The Balaban J connectivity index is 1.51. The van der Waals surface area contributed by atoms with E-state index in [0.29, 0.717) is 17.2 Å². The minimum Gasteiger partial charge on any atom is -0.361 e. The van der Waals surface area contributed by atoms with Crippen molar-refractivity contribution in [1.29, 1.82) is 5.26 Å². The highest BCUT2D eigenvalue weighted by atomic mass is 16.5. The van der Waals surface area contributed by atoms with Crippen LogP contribution in [-0.2, 0) is 6.54 Å². The fourth-order valence-corrected chi connectivity index (χ4v) is 4.26. The van der Waals surface area contributed by atoms with Gasteiger partial charge in [0, 0.05) is 44.0 Å². The molecule has 2 bridgehead atoms. The van der Waals surface area contributed by atoms with E-state index >= 15 is 0 Å². The number of carbonyl (C=O) groups excluding carboxylic acids is 1. The largest absolute Gasteiger partial charge is 0.361 e. The number of aryl methyl sites for hydroxylation is 2. The molecule has 2 aromatic rings. The Bertz CT molecular complexity index is 863. The molecule has 0 unspecified atom stereocenters. The summed E-state index contributed by atoms with van der Waals surface area (Å²) in [5.74, 6) is 1.36. The van der Waals surface area contributed by atoms with Gasteiger partial charge in [-0.15, -0.1) is 0 Å². The van der Waals surface area contributed by atoms with Gasteiger partial charge < -0.3 is 9.42 Å². The van der Waals surface area contributed by atoms with Crippen LogP contribution in [0.3, 0.4) is 0 Å². The SMILES string of the molecule is Cc1noc(C)c1CN1C[C@H]2CC[C@@H](C1)N(C(=O)c1ccc(C#N)nc1)C2. The van der Waals surface area contributed by atoms with Gasteiger partial charge in [-0.3, -0.25) is 9.69 Å². The predicted octanol–water partition coefficient (Wildman–Crippen LogP) is 2.29. The van der Waals surface area contributed by atoms with E-state index < -0.39 is 0 Å². The lowest BCUT2D eigenvalue weighted by Gasteiger charge is -2.36. The molecule has 3 aliphatic heterocycles. The Morgan fingerprint density at radius 3 is 2.81 bits per heavy atom. The lowest BCUT2D eigenvalue weighted by atomic mass is 9.94. The van der Waals surface area contributed by atoms with Crippen LogP contribution >= 0.6 is 0 Å². The van der Waals surface area contributed by atoms with E-state index in [9.17, 15) is 4.79 Å². The van der Waals surface area contributed by atoms with Gasteiger partial charge in [0.05, 0.1) is 11.3 Å². The standard InChI is InChI=1S/C20H23N5O2/c1-13-19(14(2)27-23-13)12-24-9-15-3-6-18(11-24)25(10-15)20(26)16-4-5-17(7-21)22-8-16/h4-5,8,15,18H,3,6,9-12H2,1-2H3/t15-,18+/m1/s1. The number of rotatable bonds is 3. The van der Waals surface area contributed by atoms with Crippen molar-refractivity contribution in [3.63, 3.8) is 0 Å². The number of nitrogens with zero attached hydrogens (tertiary/aromatic N) is 5. The molecule has 3 fully saturated rings. The van der Waals surface area contributed by atoms with Crippen molar-refractivity contribution >= 4 is 5.91 Å². The molecule has 2 atom stereocenters. The third-order valence-electron chi connectivity index (χ3n) is 5.74. The quantitative estimate of drug-likeness (QED) is 0.829. The molecule has 5 heterocycles. The maximum atomic E-state index is 13.0. The molecule has 1 amide bonds. The molecule has 3 saturated heterocycles. The lowest BCUT2D eigenvalue weighted by molar-refractivity contribution is 0.0584. The van der Waals surface area contributed by atoms with Gasteiger partial charge in [-0.2, -0.15) is 5.26 Å². The summed E-state index contributed by atoms with van der Waals surface area (Å²) in [6.45, 7) is 7.36. The molecular weight excluding hydrogens is 342 g/mol. The minimum absolute atomic E-state index is 0.0147. The van der Waals surface area contributed by atoms with E-state index in [1.807, 2.05) is 24.8 Å². The van der Waals surface area contributed by atoms with E-state index in [0.717, 1.165) is 56.0 Å². The second-order valence-corrected chi connectivity index (χ2v) is 7.60. The van der Waals surface area contributed by atoms with Crippen LogP contribution in [0.1, 0.15) is 45.9 Å². The molecule has 3 aliphatic rings. The van der Waals surface area contributed by atoms with Gasteiger partial charge in [-0.05, 0) is 44.7 Å². The zero-order valence-corrected chi connectivity index (χ0v) is 15.7. The van der Waals surface area contributed by atoms with Crippen molar-refractivity contribution in [3.8, 4) is 6.07 Å². The van der Waals surface area contributed by atoms with Crippen LogP contribution in [0.2, 0.25) is 0 Å². The fraction of sp³-hybridized carbons (Fsp3) is 0.500. The van der Waals surface area contributed by atoms with Crippen LogP contribution in [0.15, 0.2) is 22.9 Å². The van der Waals surface area contributed by atoms with Gasteiger partial charge in [0.15, 0.2) is 0 Å². The van der Waals surface area contributed by atoms with Crippen LogP contribution in [0.25, 0.3) is 0 Å². The molecule has 27 heavy (non-hydrogen) atoms. The molecule has 7 nitrogen and oxygen atoms in total. The number of amides is 1. The second kappa shape index (κ2) is 7.12. The minimum atomic E-state index is 0.0147. The topological polar surface area (TPSA) is 86.3 Å². The fourth-order valence-electron chi connectivity index (χ4n) is 4.26. The van der Waals surface area contributed by atoms with E-state index in [-0.39, 0.29) is 11.9 Å². The molecule has 0 aromatic carbocycles. The van der Waals surface area contributed by atoms with Crippen LogP contribution in [-0.4, -0.2) is 51.5 Å². The molecule has 0 aliphatic carbocycles. The highest BCUT2D eigenvalue weighted by molar-refractivity contribution is 5.94. The third kappa shape index (κ3) is 3.45. The molecule has 0 spiro atoms. The number of nitriles is 1. The molecular formula is C20H23N5O2. The van der Waals surface area contributed by atoms with Crippen LogP contribution < -0.4 is 0 Å². The van der Waals surface area contributed by atoms with Crippen LogP contribution in [0.5, 0.6) is 0 Å². The second-order valence-electron chi connectivity index (χ2n) is 7.60. The predicted molar refractivity (Wildman–Crippen MR) is 97.8 cm³/mol. The number of aromatic nitrogens is 2. The Morgan fingerprint density at radius 2 is 2.15 bits per heavy atom. The first kappa shape index (κ1) is 17.7. The maximum Gasteiger partial charge on any atom is 0.255 e. The summed E-state index contributed by atoms with van der Waals surface area (Å²) >= 11 is 0. The Kier molecular flexibility index (Phi) is 4.66. The average molecular weight is 365 g/mol. The van der Waals surface area contributed by atoms with Crippen molar-refractivity contribution in [3.05, 3.63) is 46.6 Å². The summed E-state index contributed by atoms with van der Waals surface area (Å²) < 4.78 is 5.30. The maximum absolute atomic E-state index is 13.0. The molecule has 5 rings (SSSR count). The van der Waals surface area contributed by atoms with Gasteiger partial charge >= 0.3 is 0 Å². The van der Waals surface area contributed by atoms with E-state index in [1.165, 1.54) is 6.20 Å². The summed E-state index contributed by atoms with van der Waals surface area (Å²) in [6.07, 6.45) is 3.69. The first-order valence-electron chi connectivity index (χ1n) is 9.36. The zero-order chi connectivity index (χ0) is 19.0. The number of hydrogen-bond donors (Lipinski definition) is 0. The Morgan fingerprint density at radius 1 is 1.30 bits per heavy atom. The number of piperidine rings is 1. The molecule has 2 aromatic heterocycles. The highest BCUT2D eigenvalue weighted by Gasteiger charge is 2.37. The van der Waals surface area contributed by atoms with E-state index in [2.05, 4.69) is 15.0 Å². The van der Waals surface area contributed by atoms with E-state index in [4.69, 9.17) is 9.78 Å². The van der Waals surface area contributed by atoms with Crippen molar-refractivity contribution < 1.29 is 9.32 Å². The van der Waals surface area contributed by atoms with Crippen molar-refractivity contribution in [2.75, 3.05) is 19.6 Å². The number of hydrogen-bond acceptors (Lipinski definition) is 6. The lowest BCUT2D eigenvalue weighted by Crippen LogP contribution is -2.47. The highest BCUT2D eigenvalue weighted by Crippen LogP contribution is 2.30. The smallest absolute Gasteiger partial charge is 0.255 e. The molecule has 140 valence electrons.